The van der Waals surface area contributed by atoms with Crippen LogP contribution in [0.2, 0.25) is 0 Å². The molecular formula is C21H15N3O2. The smallest absolute Gasteiger partial charge is 0.272 e. The number of nitrogens with two attached hydrogens (primary N) is 1. The number of aromatic nitrogens is 2. The molecule has 0 radical (unpaired) electrons. The Hall–Kier alpha value is -3.73. The predicted octanol–water partition coefficient (Wildman–Crippen LogP) is 3.36. The Bertz CT molecular complexity index is 1180. The van der Waals surface area contributed by atoms with E-state index < -0.39 is 5.91 Å². The highest BCUT2D eigenvalue weighted by Crippen LogP contribution is 2.28. The molecule has 0 bridgehead atoms. The maximum atomic E-state index is 11.9. The SMILES string of the molecule is NC(=O)c1ccccc1-c1ccc(-c2n[nH]c(=O)c3ccccc23)cc1. The number of aromatic amines is 1. The number of carbonyl (C=O) groups is 1. The molecule has 26 heavy (non-hydrogen) atoms. The standard InChI is InChI=1S/C21H15N3O2/c22-20(25)17-7-3-1-5-15(17)13-9-11-14(12-10-13)19-16-6-2-4-8-18(16)21(26)24-23-19/h1-12H,(H2,22,25)(H,24,26). The third kappa shape index (κ3) is 2.65. The Morgan fingerprint density at radius 2 is 1.42 bits per heavy atom. The molecule has 0 aliphatic heterocycles. The van der Waals surface area contributed by atoms with Crippen LogP contribution in [-0.4, -0.2) is 16.1 Å². The van der Waals surface area contributed by atoms with Crippen molar-refractivity contribution >= 4 is 16.7 Å². The van der Waals surface area contributed by atoms with Gasteiger partial charge in [-0.05, 0) is 23.3 Å². The summed E-state index contributed by atoms with van der Waals surface area (Å²) in [6, 6.07) is 22.2. The largest absolute Gasteiger partial charge is 0.366 e. The molecule has 5 nitrogen and oxygen atoms in total. The molecule has 4 aromatic rings. The monoisotopic (exact) mass is 341 g/mol. The van der Waals surface area contributed by atoms with Crippen molar-refractivity contribution in [3.05, 3.63) is 88.7 Å². The number of primary amides is 1. The molecule has 0 aliphatic rings. The predicted molar refractivity (Wildman–Crippen MR) is 102 cm³/mol. The molecule has 126 valence electrons. The van der Waals surface area contributed by atoms with E-state index in [1.807, 2.05) is 54.6 Å². The van der Waals surface area contributed by atoms with Crippen LogP contribution in [0.15, 0.2) is 77.6 Å². The molecule has 0 spiro atoms. The molecule has 0 aliphatic carbocycles. The second-order valence-corrected chi connectivity index (χ2v) is 5.93. The molecule has 1 heterocycles. The molecule has 0 unspecified atom stereocenters. The molecule has 4 rings (SSSR count). The van der Waals surface area contributed by atoms with Gasteiger partial charge in [0, 0.05) is 16.5 Å². The number of carbonyl (C=O) groups excluding carboxylic acids is 1. The van der Waals surface area contributed by atoms with E-state index in [4.69, 9.17) is 5.73 Å². The summed E-state index contributed by atoms with van der Waals surface area (Å²) >= 11 is 0. The van der Waals surface area contributed by atoms with E-state index in [0.29, 0.717) is 16.6 Å². The quantitative estimate of drug-likeness (QED) is 0.599. The van der Waals surface area contributed by atoms with Gasteiger partial charge in [-0.25, -0.2) is 5.10 Å². The third-order valence-electron chi connectivity index (χ3n) is 4.36. The minimum absolute atomic E-state index is 0.212. The van der Waals surface area contributed by atoms with Crippen LogP contribution in [0.5, 0.6) is 0 Å². The van der Waals surface area contributed by atoms with Gasteiger partial charge in [0.05, 0.1) is 11.1 Å². The summed E-state index contributed by atoms with van der Waals surface area (Å²) in [5.41, 5.74) is 8.98. The fraction of sp³-hybridized carbons (Fsp3) is 0. The van der Waals surface area contributed by atoms with Crippen molar-refractivity contribution < 1.29 is 4.79 Å². The van der Waals surface area contributed by atoms with Crippen molar-refractivity contribution in [3.8, 4) is 22.4 Å². The highest BCUT2D eigenvalue weighted by atomic mass is 16.1. The first-order chi connectivity index (χ1) is 12.6. The van der Waals surface area contributed by atoms with Crippen LogP contribution in [-0.2, 0) is 0 Å². The number of rotatable bonds is 3. The normalized spacial score (nSPS) is 10.8. The molecule has 1 aromatic heterocycles. The van der Waals surface area contributed by atoms with E-state index in [-0.39, 0.29) is 5.56 Å². The van der Waals surface area contributed by atoms with Crippen molar-refractivity contribution in [1.29, 1.82) is 0 Å². The number of benzene rings is 3. The van der Waals surface area contributed by atoms with Crippen molar-refractivity contribution in [1.82, 2.24) is 10.2 Å². The number of nitrogens with one attached hydrogen (secondary N) is 1. The summed E-state index contributed by atoms with van der Waals surface area (Å²) in [5.74, 6) is -0.460. The number of fused-ring (bicyclic) bond motifs is 1. The van der Waals surface area contributed by atoms with Crippen molar-refractivity contribution in [2.45, 2.75) is 0 Å². The first kappa shape index (κ1) is 15.8. The van der Waals surface area contributed by atoms with Gasteiger partial charge in [0.15, 0.2) is 0 Å². The number of hydrogen-bond donors (Lipinski definition) is 2. The van der Waals surface area contributed by atoms with Crippen LogP contribution in [0.3, 0.4) is 0 Å². The fourth-order valence-electron chi connectivity index (χ4n) is 3.09. The minimum Gasteiger partial charge on any atom is -0.366 e. The third-order valence-corrected chi connectivity index (χ3v) is 4.36. The maximum Gasteiger partial charge on any atom is 0.272 e. The highest BCUT2D eigenvalue weighted by Gasteiger charge is 2.11. The van der Waals surface area contributed by atoms with Gasteiger partial charge in [-0.15, -0.1) is 0 Å². The van der Waals surface area contributed by atoms with E-state index in [1.165, 1.54) is 0 Å². The molecule has 0 fully saturated rings. The molecule has 3 N–H and O–H groups in total. The fourth-order valence-corrected chi connectivity index (χ4v) is 3.09. The molecule has 0 saturated heterocycles. The van der Waals surface area contributed by atoms with Gasteiger partial charge < -0.3 is 5.73 Å². The first-order valence-electron chi connectivity index (χ1n) is 8.12. The zero-order valence-electron chi connectivity index (χ0n) is 13.8. The van der Waals surface area contributed by atoms with Gasteiger partial charge >= 0.3 is 0 Å². The minimum atomic E-state index is -0.460. The van der Waals surface area contributed by atoms with E-state index in [0.717, 1.165) is 22.1 Å². The summed E-state index contributed by atoms with van der Waals surface area (Å²) in [6.07, 6.45) is 0. The topological polar surface area (TPSA) is 88.8 Å². The Labute approximate surface area is 149 Å². The Morgan fingerprint density at radius 3 is 2.15 bits per heavy atom. The molecule has 0 saturated carbocycles. The molecule has 1 amide bonds. The van der Waals surface area contributed by atoms with Gasteiger partial charge in [0.25, 0.3) is 5.56 Å². The molecule has 0 atom stereocenters. The summed E-state index contributed by atoms with van der Waals surface area (Å²) < 4.78 is 0. The summed E-state index contributed by atoms with van der Waals surface area (Å²) in [4.78, 5) is 23.6. The van der Waals surface area contributed by atoms with Crippen LogP contribution in [0.25, 0.3) is 33.2 Å². The van der Waals surface area contributed by atoms with Gasteiger partial charge in [0.2, 0.25) is 5.91 Å². The highest BCUT2D eigenvalue weighted by molar-refractivity contribution is 6.00. The first-order valence-corrected chi connectivity index (χ1v) is 8.12. The molecule has 5 heteroatoms. The number of amides is 1. The van der Waals surface area contributed by atoms with Gasteiger partial charge in [-0.1, -0.05) is 60.7 Å². The Kier molecular flexibility index (Phi) is 3.82. The van der Waals surface area contributed by atoms with E-state index in [1.54, 1.807) is 18.2 Å². The second kappa shape index (κ2) is 6.29. The summed E-state index contributed by atoms with van der Waals surface area (Å²) in [6.45, 7) is 0. The summed E-state index contributed by atoms with van der Waals surface area (Å²) in [7, 11) is 0. The zero-order valence-corrected chi connectivity index (χ0v) is 13.8. The van der Waals surface area contributed by atoms with Crippen LogP contribution in [0.1, 0.15) is 10.4 Å². The van der Waals surface area contributed by atoms with Crippen molar-refractivity contribution in [2.24, 2.45) is 5.73 Å². The van der Waals surface area contributed by atoms with E-state index in [9.17, 15) is 9.59 Å². The number of hydrogen-bond acceptors (Lipinski definition) is 3. The van der Waals surface area contributed by atoms with Crippen LogP contribution < -0.4 is 11.3 Å². The maximum absolute atomic E-state index is 11.9. The van der Waals surface area contributed by atoms with Crippen molar-refractivity contribution in [2.75, 3.05) is 0 Å². The van der Waals surface area contributed by atoms with Crippen LogP contribution in [0, 0.1) is 0 Å². The van der Waals surface area contributed by atoms with Crippen LogP contribution >= 0.6 is 0 Å². The lowest BCUT2D eigenvalue weighted by Crippen LogP contribution is -2.12. The van der Waals surface area contributed by atoms with Gasteiger partial charge in [0.1, 0.15) is 0 Å². The van der Waals surface area contributed by atoms with Gasteiger partial charge in [-0.3, -0.25) is 9.59 Å². The Balaban J connectivity index is 1.82. The van der Waals surface area contributed by atoms with E-state index in [2.05, 4.69) is 10.2 Å². The number of H-pyrrole nitrogens is 1. The molecule has 3 aromatic carbocycles. The summed E-state index contributed by atoms with van der Waals surface area (Å²) in [5, 5.41) is 8.15. The lowest BCUT2D eigenvalue weighted by atomic mass is 9.97. The average molecular weight is 341 g/mol. The second-order valence-electron chi connectivity index (χ2n) is 5.93. The lowest BCUT2D eigenvalue weighted by molar-refractivity contribution is 0.100. The van der Waals surface area contributed by atoms with Crippen molar-refractivity contribution in [3.63, 3.8) is 0 Å². The van der Waals surface area contributed by atoms with Crippen LogP contribution in [0.4, 0.5) is 0 Å². The van der Waals surface area contributed by atoms with Gasteiger partial charge in [-0.2, -0.15) is 5.10 Å². The molecular weight excluding hydrogens is 326 g/mol. The van der Waals surface area contributed by atoms with E-state index >= 15 is 0 Å². The number of nitrogens with zero attached hydrogens (tertiary/aromatic N) is 1. The average Bonchev–Trinajstić information content (AvgIpc) is 2.69. The lowest BCUT2D eigenvalue weighted by Gasteiger charge is -2.09. The Morgan fingerprint density at radius 1 is 0.808 bits per heavy atom. The zero-order chi connectivity index (χ0) is 18.1.